The summed E-state index contributed by atoms with van der Waals surface area (Å²) in [6.07, 6.45) is 9.84. The highest BCUT2D eigenvalue weighted by atomic mass is 15.3. The average Bonchev–Trinajstić information content (AvgIpc) is 3.54. The van der Waals surface area contributed by atoms with Gasteiger partial charge in [-0.15, -0.1) is 10.2 Å². The molecule has 0 N–H and O–H groups in total. The van der Waals surface area contributed by atoms with Crippen LogP contribution in [0.1, 0.15) is 47.8 Å². The average molecular weight is 468 g/mol. The molecular weight excluding hydrogens is 434 g/mol. The Morgan fingerprint density at radius 3 is 2.29 bits per heavy atom. The van der Waals surface area contributed by atoms with Crippen molar-refractivity contribution in [2.45, 2.75) is 44.4 Å². The molecule has 1 atom stereocenters. The van der Waals surface area contributed by atoms with Crippen LogP contribution in [0.2, 0.25) is 0 Å². The van der Waals surface area contributed by atoms with Gasteiger partial charge in [0, 0.05) is 44.6 Å². The molecule has 0 spiro atoms. The second-order valence-corrected chi connectivity index (χ2v) is 9.81. The normalized spacial score (nSPS) is 18.4. The Bertz CT molecular complexity index is 1190. The van der Waals surface area contributed by atoms with Crippen LogP contribution in [-0.2, 0) is 13.1 Å². The maximum Gasteiger partial charge on any atom is 0.155 e. The molecule has 1 aliphatic heterocycles. The Kier molecular flexibility index (Phi) is 6.43. The van der Waals surface area contributed by atoms with Crippen molar-refractivity contribution in [2.75, 3.05) is 26.2 Å². The molecule has 180 valence electrons. The van der Waals surface area contributed by atoms with Gasteiger partial charge >= 0.3 is 0 Å². The third kappa shape index (κ3) is 4.92. The summed E-state index contributed by atoms with van der Waals surface area (Å²) in [5.41, 5.74) is 3.78. The highest BCUT2D eigenvalue weighted by Crippen LogP contribution is 2.31. The number of hydrogen-bond acceptors (Lipinski definition) is 5. The molecule has 1 saturated carbocycles. The fourth-order valence-corrected chi connectivity index (χ4v) is 5.40. The molecule has 0 amide bonds. The van der Waals surface area contributed by atoms with Crippen molar-refractivity contribution in [1.82, 2.24) is 34.3 Å². The fraction of sp³-hybridized carbons (Fsp3) is 0.393. The van der Waals surface area contributed by atoms with Crippen molar-refractivity contribution in [3.05, 3.63) is 102 Å². The zero-order valence-electron chi connectivity index (χ0n) is 20.2. The second kappa shape index (κ2) is 10.1. The molecule has 2 fully saturated rings. The van der Waals surface area contributed by atoms with Gasteiger partial charge in [-0.3, -0.25) is 14.5 Å². The molecule has 7 heteroatoms. The highest BCUT2D eigenvalue weighted by molar-refractivity contribution is 5.30. The van der Waals surface area contributed by atoms with Crippen molar-refractivity contribution in [3.63, 3.8) is 0 Å². The lowest BCUT2D eigenvalue weighted by atomic mass is 9.91. The zero-order valence-corrected chi connectivity index (χ0v) is 20.2. The Morgan fingerprint density at radius 1 is 0.829 bits per heavy atom. The van der Waals surface area contributed by atoms with E-state index in [1.807, 2.05) is 29.5 Å². The predicted octanol–water partition coefficient (Wildman–Crippen LogP) is 3.83. The van der Waals surface area contributed by atoms with Crippen LogP contribution >= 0.6 is 0 Å². The number of hydrogen-bond donors (Lipinski definition) is 0. The molecule has 2 aromatic heterocycles. The zero-order chi connectivity index (χ0) is 23.5. The van der Waals surface area contributed by atoms with Crippen molar-refractivity contribution in [2.24, 2.45) is 0 Å². The fourth-order valence-electron chi connectivity index (χ4n) is 5.40. The molecule has 35 heavy (non-hydrogen) atoms. The van der Waals surface area contributed by atoms with Gasteiger partial charge in [-0.25, -0.2) is 0 Å². The van der Waals surface area contributed by atoms with Crippen LogP contribution in [0, 0.1) is 0 Å². The standard InChI is InChI=1S/C28H33N7/c1-2-6-23(7-3-1)20-34-22-29-31-28(34)27(33-18-16-32(17-19-33)26-8-4-9-26)25-12-10-24(11-13-25)21-35-15-5-14-30-35/h1-3,5-7,10-15,22,26-27H,4,8-9,16-21H2/t27-/m0/s1. The van der Waals surface area contributed by atoms with Gasteiger partial charge in [-0.05, 0) is 35.6 Å². The van der Waals surface area contributed by atoms with E-state index >= 15 is 0 Å². The molecule has 1 saturated heterocycles. The molecule has 0 radical (unpaired) electrons. The van der Waals surface area contributed by atoms with E-state index in [-0.39, 0.29) is 6.04 Å². The van der Waals surface area contributed by atoms with Gasteiger partial charge in [0.05, 0.1) is 19.1 Å². The van der Waals surface area contributed by atoms with Crippen LogP contribution in [0.25, 0.3) is 0 Å². The van der Waals surface area contributed by atoms with E-state index in [1.54, 1.807) is 0 Å². The minimum atomic E-state index is 0.0866. The largest absolute Gasteiger partial charge is 0.311 e. The lowest BCUT2D eigenvalue weighted by Gasteiger charge is -2.44. The summed E-state index contributed by atoms with van der Waals surface area (Å²) < 4.78 is 4.18. The SMILES string of the molecule is c1ccc(Cn2cnnc2[C@H](c2ccc(Cn3cccn3)cc2)N2CCN(C3CCC3)CC2)cc1. The van der Waals surface area contributed by atoms with Gasteiger partial charge in [-0.2, -0.15) is 5.10 Å². The molecule has 7 nitrogen and oxygen atoms in total. The Labute approximate surface area is 207 Å². The third-order valence-electron chi connectivity index (χ3n) is 7.59. The smallest absolute Gasteiger partial charge is 0.155 e. The Morgan fingerprint density at radius 2 is 1.60 bits per heavy atom. The van der Waals surface area contributed by atoms with Gasteiger partial charge in [0.25, 0.3) is 0 Å². The van der Waals surface area contributed by atoms with Gasteiger partial charge < -0.3 is 4.57 Å². The van der Waals surface area contributed by atoms with E-state index in [0.717, 1.165) is 51.1 Å². The van der Waals surface area contributed by atoms with E-state index in [4.69, 9.17) is 0 Å². The maximum absolute atomic E-state index is 4.67. The number of piperazine rings is 1. The Balaban J connectivity index is 1.27. The van der Waals surface area contributed by atoms with Gasteiger partial charge in [0.1, 0.15) is 6.33 Å². The number of rotatable bonds is 8. The monoisotopic (exact) mass is 467 g/mol. The van der Waals surface area contributed by atoms with Crippen LogP contribution in [0.15, 0.2) is 79.4 Å². The van der Waals surface area contributed by atoms with Crippen molar-refractivity contribution in [1.29, 1.82) is 0 Å². The minimum absolute atomic E-state index is 0.0866. The van der Waals surface area contributed by atoms with Crippen LogP contribution in [0.5, 0.6) is 0 Å². The van der Waals surface area contributed by atoms with Crippen molar-refractivity contribution < 1.29 is 0 Å². The molecule has 2 aliphatic rings. The molecule has 6 rings (SSSR count). The summed E-state index contributed by atoms with van der Waals surface area (Å²) in [5.74, 6) is 1.02. The first kappa shape index (κ1) is 22.2. The summed E-state index contributed by atoms with van der Waals surface area (Å²) >= 11 is 0. The highest BCUT2D eigenvalue weighted by Gasteiger charge is 2.33. The van der Waals surface area contributed by atoms with Crippen LogP contribution in [-0.4, -0.2) is 66.6 Å². The van der Waals surface area contributed by atoms with Crippen molar-refractivity contribution >= 4 is 0 Å². The summed E-state index contributed by atoms with van der Waals surface area (Å²) in [6.45, 7) is 5.92. The topological polar surface area (TPSA) is 55.0 Å². The molecule has 1 aliphatic carbocycles. The van der Waals surface area contributed by atoms with Gasteiger partial charge in [-0.1, -0.05) is 61.0 Å². The first-order chi connectivity index (χ1) is 17.3. The van der Waals surface area contributed by atoms with Crippen LogP contribution in [0.4, 0.5) is 0 Å². The first-order valence-corrected chi connectivity index (χ1v) is 12.8. The molecule has 0 bridgehead atoms. The number of nitrogens with zero attached hydrogens (tertiary/aromatic N) is 7. The Hall–Kier alpha value is -3.29. The van der Waals surface area contributed by atoms with E-state index in [9.17, 15) is 0 Å². The summed E-state index contributed by atoms with van der Waals surface area (Å²) in [5, 5.41) is 13.4. The van der Waals surface area contributed by atoms with Gasteiger partial charge in [0.15, 0.2) is 5.82 Å². The molecular formula is C28H33N7. The third-order valence-corrected chi connectivity index (χ3v) is 7.59. The van der Waals surface area contributed by atoms with Crippen LogP contribution in [0.3, 0.4) is 0 Å². The summed E-state index contributed by atoms with van der Waals surface area (Å²) in [4.78, 5) is 5.29. The lowest BCUT2D eigenvalue weighted by Crippen LogP contribution is -2.53. The minimum Gasteiger partial charge on any atom is -0.311 e. The van der Waals surface area contributed by atoms with Gasteiger partial charge in [0.2, 0.25) is 0 Å². The summed E-state index contributed by atoms with van der Waals surface area (Å²) in [7, 11) is 0. The molecule has 0 unspecified atom stereocenters. The number of benzene rings is 2. The quantitative estimate of drug-likeness (QED) is 0.394. The van der Waals surface area contributed by atoms with E-state index in [0.29, 0.717) is 0 Å². The van der Waals surface area contributed by atoms with Crippen LogP contribution < -0.4 is 0 Å². The van der Waals surface area contributed by atoms with E-state index < -0.39 is 0 Å². The summed E-state index contributed by atoms with van der Waals surface area (Å²) in [6, 6.07) is 22.4. The molecule has 3 heterocycles. The van der Waals surface area contributed by atoms with Crippen molar-refractivity contribution in [3.8, 4) is 0 Å². The van der Waals surface area contributed by atoms with E-state index in [1.165, 1.54) is 36.0 Å². The molecule has 2 aromatic carbocycles. The number of aromatic nitrogens is 5. The predicted molar refractivity (Wildman–Crippen MR) is 136 cm³/mol. The van der Waals surface area contributed by atoms with E-state index in [2.05, 4.69) is 84.3 Å². The lowest BCUT2D eigenvalue weighted by molar-refractivity contribution is 0.0476. The maximum atomic E-state index is 4.67. The first-order valence-electron chi connectivity index (χ1n) is 12.8. The second-order valence-electron chi connectivity index (χ2n) is 9.81. The molecule has 4 aromatic rings.